The van der Waals surface area contributed by atoms with Crippen molar-refractivity contribution in [2.45, 2.75) is 19.8 Å². The molecule has 0 saturated carbocycles. The van der Waals surface area contributed by atoms with Crippen LogP contribution in [0.4, 0.5) is 0 Å². The molecule has 0 radical (unpaired) electrons. The third kappa shape index (κ3) is 5.51. The van der Waals surface area contributed by atoms with E-state index in [1.54, 1.807) is 0 Å². The fourth-order valence-electron chi connectivity index (χ4n) is 0.489. The first-order valence-electron chi connectivity index (χ1n) is 3.03. The summed E-state index contributed by atoms with van der Waals surface area (Å²) in [6, 6.07) is 1.96. The summed E-state index contributed by atoms with van der Waals surface area (Å²) in [6.07, 6.45) is 1.37. The number of hydrogen-bond donors (Lipinski definition) is 0. The van der Waals surface area contributed by atoms with Crippen LogP contribution in [0.15, 0.2) is 0 Å². The molecule has 0 rings (SSSR count). The highest BCUT2D eigenvalue weighted by atomic mass is 32.2. The van der Waals surface area contributed by atoms with Crippen molar-refractivity contribution in [1.82, 2.24) is 0 Å². The van der Waals surface area contributed by atoms with Crippen molar-refractivity contribution in [2.24, 2.45) is 0 Å². The van der Waals surface area contributed by atoms with Gasteiger partial charge in [0.05, 0.1) is 6.07 Å². The Hall–Kier alpha value is -0.360. The minimum atomic E-state index is -0.742. The van der Waals surface area contributed by atoms with E-state index in [9.17, 15) is 4.21 Å². The Morgan fingerprint density at radius 1 is 1.56 bits per heavy atom. The molecule has 52 valence electrons. The van der Waals surface area contributed by atoms with Crippen molar-refractivity contribution in [2.75, 3.05) is 11.5 Å². The van der Waals surface area contributed by atoms with Crippen molar-refractivity contribution >= 4 is 10.8 Å². The van der Waals surface area contributed by atoms with Gasteiger partial charge in [-0.1, -0.05) is 6.92 Å². The molecule has 0 aromatic heterocycles. The summed E-state index contributed by atoms with van der Waals surface area (Å²) in [5.41, 5.74) is 0. The van der Waals surface area contributed by atoms with Crippen molar-refractivity contribution in [1.29, 1.82) is 5.26 Å². The lowest BCUT2D eigenvalue weighted by atomic mass is 10.6. The second-order valence-corrected chi connectivity index (χ2v) is 3.45. The van der Waals surface area contributed by atoms with E-state index in [1.807, 2.05) is 13.0 Å². The molecule has 0 heterocycles. The van der Waals surface area contributed by atoms with Crippen LogP contribution in [-0.4, -0.2) is 15.7 Å². The zero-order valence-electron chi connectivity index (χ0n) is 5.59. The molecule has 0 aliphatic rings. The highest BCUT2D eigenvalue weighted by Gasteiger charge is 1.94. The average molecular weight is 145 g/mol. The summed E-state index contributed by atoms with van der Waals surface area (Å²) in [5.74, 6) is 1.28. The molecular weight excluding hydrogens is 134 g/mol. The molecule has 0 bridgehead atoms. The van der Waals surface area contributed by atoms with Crippen molar-refractivity contribution < 1.29 is 4.21 Å². The summed E-state index contributed by atoms with van der Waals surface area (Å²) >= 11 is 0. The van der Waals surface area contributed by atoms with Crippen LogP contribution in [-0.2, 0) is 10.8 Å². The summed E-state index contributed by atoms with van der Waals surface area (Å²) in [6.45, 7) is 1.99. The van der Waals surface area contributed by atoms with Crippen LogP contribution in [0.1, 0.15) is 19.8 Å². The van der Waals surface area contributed by atoms with E-state index in [0.717, 1.165) is 12.2 Å². The van der Waals surface area contributed by atoms with Gasteiger partial charge >= 0.3 is 0 Å². The van der Waals surface area contributed by atoms with Gasteiger partial charge in [0, 0.05) is 28.7 Å². The fraction of sp³-hybridized carbons (Fsp3) is 0.833. The van der Waals surface area contributed by atoms with Crippen LogP contribution in [0.5, 0.6) is 0 Å². The van der Waals surface area contributed by atoms with Gasteiger partial charge in [0.2, 0.25) is 0 Å². The third-order valence-electron chi connectivity index (χ3n) is 0.873. The maximum atomic E-state index is 10.8. The molecule has 0 aromatic carbocycles. The third-order valence-corrected chi connectivity index (χ3v) is 2.40. The number of rotatable bonds is 4. The first-order valence-corrected chi connectivity index (χ1v) is 4.52. The van der Waals surface area contributed by atoms with Crippen LogP contribution in [0, 0.1) is 11.3 Å². The predicted molar refractivity (Wildman–Crippen MR) is 38.4 cm³/mol. The molecule has 3 heteroatoms. The molecule has 0 saturated heterocycles. The van der Waals surface area contributed by atoms with Gasteiger partial charge < -0.3 is 0 Å². The monoisotopic (exact) mass is 145 g/mol. The fourth-order valence-corrected chi connectivity index (χ4v) is 1.47. The molecule has 2 nitrogen and oxygen atoms in total. The standard InChI is InChI=1S/C6H11NOS/c1-2-5-9(8)6-3-4-7/h2-3,5-6H2,1H3. The zero-order chi connectivity index (χ0) is 7.11. The van der Waals surface area contributed by atoms with Gasteiger partial charge in [0.15, 0.2) is 0 Å². The summed E-state index contributed by atoms with van der Waals surface area (Å²) in [4.78, 5) is 0. The van der Waals surface area contributed by atoms with E-state index in [1.165, 1.54) is 0 Å². The first-order chi connectivity index (χ1) is 4.31. The second-order valence-electron chi connectivity index (χ2n) is 1.76. The molecule has 0 aromatic rings. The number of nitriles is 1. The normalized spacial score (nSPS) is 12.4. The van der Waals surface area contributed by atoms with Crippen molar-refractivity contribution in [3.05, 3.63) is 0 Å². The molecular formula is C6H11NOS. The van der Waals surface area contributed by atoms with Gasteiger partial charge in [-0.3, -0.25) is 4.21 Å². The number of hydrogen-bond acceptors (Lipinski definition) is 2. The molecule has 1 unspecified atom stereocenters. The molecule has 0 amide bonds. The van der Waals surface area contributed by atoms with Crippen molar-refractivity contribution in [3.63, 3.8) is 0 Å². The lowest BCUT2D eigenvalue weighted by molar-refractivity contribution is 0.681. The van der Waals surface area contributed by atoms with Crippen LogP contribution in [0.25, 0.3) is 0 Å². The van der Waals surface area contributed by atoms with Gasteiger partial charge in [0.1, 0.15) is 0 Å². The molecule has 9 heavy (non-hydrogen) atoms. The topological polar surface area (TPSA) is 40.9 Å². The SMILES string of the molecule is CCCS(=O)CCC#N. The van der Waals surface area contributed by atoms with Crippen LogP contribution < -0.4 is 0 Å². The largest absolute Gasteiger partial charge is 0.260 e. The lowest BCUT2D eigenvalue weighted by Crippen LogP contribution is -2.00. The molecule has 0 fully saturated rings. The van der Waals surface area contributed by atoms with E-state index < -0.39 is 10.8 Å². The highest BCUT2D eigenvalue weighted by molar-refractivity contribution is 7.84. The Morgan fingerprint density at radius 2 is 2.22 bits per heavy atom. The molecule has 0 spiro atoms. The minimum Gasteiger partial charge on any atom is -0.260 e. The minimum absolute atomic E-state index is 0.423. The van der Waals surface area contributed by atoms with Crippen molar-refractivity contribution in [3.8, 4) is 6.07 Å². The maximum Gasteiger partial charge on any atom is 0.0631 e. The van der Waals surface area contributed by atoms with E-state index in [0.29, 0.717) is 12.2 Å². The van der Waals surface area contributed by atoms with E-state index >= 15 is 0 Å². The quantitative estimate of drug-likeness (QED) is 0.593. The zero-order valence-corrected chi connectivity index (χ0v) is 6.41. The van der Waals surface area contributed by atoms with E-state index in [2.05, 4.69) is 0 Å². The lowest BCUT2D eigenvalue weighted by Gasteiger charge is -1.92. The highest BCUT2D eigenvalue weighted by Crippen LogP contribution is 1.88. The number of nitrogens with zero attached hydrogens (tertiary/aromatic N) is 1. The molecule has 0 aliphatic carbocycles. The summed E-state index contributed by atoms with van der Waals surface area (Å²) < 4.78 is 10.8. The molecule has 0 aliphatic heterocycles. The summed E-state index contributed by atoms with van der Waals surface area (Å²) in [5, 5.41) is 8.10. The Balaban J connectivity index is 3.19. The van der Waals surface area contributed by atoms with Crippen LogP contribution >= 0.6 is 0 Å². The van der Waals surface area contributed by atoms with Gasteiger partial charge in [-0.2, -0.15) is 5.26 Å². The van der Waals surface area contributed by atoms with E-state index in [4.69, 9.17) is 5.26 Å². The van der Waals surface area contributed by atoms with Gasteiger partial charge in [-0.25, -0.2) is 0 Å². The maximum absolute atomic E-state index is 10.8. The predicted octanol–water partition coefficient (Wildman–Crippen LogP) is 1.06. The Morgan fingerprint density at radius 3 is 2.67 bits per heavy atom. The summed E-state index contributed by atoms with van der Waals surface area (Å²) in [7, 11) is -0.742. The van der Waals surface area contributed by atoms with E-state index in [-0.39, 0.29) is 0 Å². The Bertz CT molecular complexity index is 128. The van der Waals surface area contributed by atoms with Gasteiger partial charge in [-0.05, 0) is 6.42 Å². The second kappa shape index (κ2) is 5.77. The van der Waals surface area contributed by atoms with Crippen LogP contribution in [0.3, 0.4) is 0 Å². The van der Waals surface area contributed by atoms with Gasteiger partial charge in [0.25, 0.3) is 0 Å². The van der Waals surface area contributed by atoms with Crippen LogP contribution in [0.2, 0.25) is 0 Å². The average Bonchev–Trinajstić information content (AvgIpc) is 1.85. The molecule has 1 atom stereocenters. The Kier molecular flexibility index (Phi) is 5.54. The smallest absolute Gasteiger partial charge is 0.0631 e. The molecule has 0 N–H and O–H groups in total. The van der Waals surface area contributed by atoms with Gasteiger partial charge in [-0.15, -0.1) is 0 Å². The Labute approximate surface area is 58.3 Å². The first kappa shape index (κ1) is 8.64.